The van der Waals surface area contributed by atoms with Gasteiger partial charge in [0.25, 0.3) is 5.91 Å². The molecule has 1 aromatic carbocycles. The number of carbonyl (C=O) groups excluding carboxylic acids is 1. The Morgan fingerprint density at radius 1 is 1.36 bits per heavy atom. The third-order valence-corrected chi connectivity index (χ3v) is 4.81. The number of phenols is 1. The van der Waals surface area contributed by atoms with E-state index >= 15 is 0 Å². The molecular formula is C20H27N3O2. The van der Waals surface area contributed by atoms with Gasteiger partial charge in [0, 0.05) is 43.6 Å². The van der Waals surface area contributed by atoms with Gasteiger partial charge in [0.1, 0.15) is 5.75 Å². The molecule has 134 valence electrons. The zero-order valence-corrected chi connectivity index (χ0v) is 15.0. The molecule has 1 aliphatic heterocycles. The van der Waals surface area contributed by atoms with Crippen molar-refractivity contribution in [3.63, 3.8) is 0 Å². The highest BCUT2D eigenvalue weighted by molar-refractivity contribution is 5.94. The van der Waals surface area contributed by atoms with Crippen LogP contribution in [0.25, 0.3) is 0 Å². The number of likely N-dealkylation sites (tertiary alicyclic amines) is 1. The molecule has 2 aromatic rings. The van der Waals surface area contributed by atoms with Crippen LogP contribution in [0.2, 0.25) is 0 Å². The van der Waals surface area contributed by atoms with Gasteiger partial charge in [0.05, 0.1) is 0 Å². The molecule has 0 bridgehead atoms. The van der Waals surface area contributed by atoms with Crippen molar-refractivity contribution in [1.82, 2.24) is 14.8 Å². The van der Waals surface area contributed by atoms with E-state index in [0.717, 1.165) is 26.1 Å². The maximum atomic E-state index is 12.2. The number of benzene rings is 1. The normalized spacial score (nSPS) is 18.0. The van der Waals surface area contributed by atoms with Crippen LogP contribution >= 0.6 is 0 Å². The van der Waals surface area contributed by atoms with E-state index in [1.165, 1.54) is 11.6 Å². The summed E-state index contributed by atoms with van der Waals surface area (Å²) in [5, 5.41) is 12.5. The number of hydrogen-bond donors (Lipinski definition) is 2. The first-order valence-corrected chi connectivity index (χ1v) is 8.97. The number of aromatic hydroxyl groups is 1. The van der Waals surface area contributed by atoms with Crippen molar-refractivity contribution >= 4 is 5.91 Å². The summed E-state index contributed by atoms with van der Waals surface area (Å²) in [7, 11) is 0. The Balaban J connectivity index is 1.45. The molecule has 1 saturated heterocycles. The highest BCUT2D eigenvalue weighted by Gasteiger charge is 2.23. The van der Waals surface area contributed by atoms with Crippen LogP contribution in [0.15, 0.2) is 42.7 Å². The van der Waals surface area contributed by atoms with Crippen molar-refractivity contribution in [2.45, 2.75) is 32.9 Å². The molecule has 1 fully saturated rings. The Hall–Kier alpha value is -2.27. The molecule has 0 spiro atoms. The minimum Gasteiger partial charge on any atom is -0.508 e. The molecule has 2 heterocycles. The fourth-order valence-corrected chi connectivity index (χ4v) is 3.34. The number of phenolic OH excluding ortho intramolecular Hbond substituents is 1. The van der Waals surface area contributed by atoms with Gasteiger partial charge in [-0.2, -0.15) is 0 Å². The van der Waals surface area contributed by atoms with Crippen LogP contribution in [-0.4, -0.2) is 40.1 Å². The van der Waals surface area contributed by atoms with Gasteiger partial charge in [-0.25, -0.2) is 0 Å². The summed E-state index contributed by atoms with van der Waals surface area (Å²) in [6, 6.07) is 9.15. The van der Waals surface area contributed by atoms with Crippen molar-refractivity contribution < 1.29 is 9.90 Å². The highest BCUT2D eigenvalue weighted by Crippen LogP contribution is 2.19. The Bertz CT molecular complexity index is 723. The summed E-state index contributed by atoms with van der Waals surface area (Å²) in [4.78, 5) is 14.6. The van der Waals surface area contributed by atoms with Gasteiger partial charge >= 0.3 is 0 Å². The van der Waals surface area contributed by atoms with Crippen molar-refractivity contribution in [1.29, 1.82) is 0 Å². The molecule has 0 radical (unpaired) electrons. The van der Waals surface area contributed by atoms with E-state index in [2.05, 4.69) is 47.1 Å². The lowest BCUT2D eigenvalue weighted by Gasteiger charge is -2.16. The first kappa shape index (κ1) is 17.5. The van der Waals surface area contributed by atoms with E-state index in [1.807, 2.05) is 0 Å². The van der Waals surface area contributed by atoms with E-state index in [0.29, 0.717) is 24.1 Å². The van der Waals surface area contributed by atoms with E-state index in [9.17, 15) is 9.90 Å². The number of rotatable bonds is 6. The lowest BCUT2D eigenvalue weighted by molar-refractivity contribution is 0.0947. The largest absolute Gasteiger partial charge is 0.508 e. The van der Waals surface area contributed by atoms with Gasteiger partial charge in [0.15, 0.2) is 0 Å². The van der Waals surface area contributed by atoms with Crippen LogP contribution in [0.1, 0.15) is 42.2 Å². The van der Waals surface area contributed by atoms with Gasteiger partial charge in [0.2, 0.25) is 0 Å². The van der Waals surface area contributed by atoms with Gasteiger partial charge in [-0.1, -0.05) is 6.07 Å². The number of carbonyl (C=O) groups is 1. The second kappa shape index (κ2) is 7.74. The highest BCUT2D eigenvalue weighted by atomic mass is 16.3. The molecule has 0 aliphatic carbocycles. The van der Waals surface area contributed by atoms with Crippen LogP contribution in [-0.2, 0) is 6.54 Å². The maximum absolute atomic E-state index is 12.2. The molecule has 1 atom stereocenters. The summed E-state index contributed by atoms with van der Waals surface area (Å²) in [6.07, 6.45) is 5.47. The third kappa shape index (κ3) is 4.63. The van der Waals surface area contributed by atoms with Crippen LogP contribution in [0.4, 0.5) is 0 Å². The quantitative estimate of drug-likeness (QED) is 0.849. The predicted octanol–water partition coefficient (Wildman–Crippen LogP) is 3.03. The Morgan fingerprint density at radius 3 is 2.92 bits per heavy atom. The standard InChI is InChI=1S/C20H27N3O2/c1-15(2)23-9-7-17(14-23)13-22-8-6-16(12-22)11-21-20(25)18-4-3-5-19(24)10-18/h3-5,7,9-10,14-16,24H,6,8,11-13H2,1-2H3,(H,21,25). The summed E-state index contributed by atoms with van der Waals surface area (Å²) >= 11 is 0. The lowest BCUT2D eigenvalue weighted by Crippen LogP contribution is -2.30. The molecule has 5 nitrogen and oxygen atoms in total. The molecular weight excluding hydrogens is 314 g/mol. The van der Waals surface area contributed by atoms with Crippen LogP contribution < -0.4 is 5.32 Å². The predicted molar refractivity (Wildman–Crippen MR) is 98.6 cm³/mol. The molecule has 1 amide bonds. The monoisotopic (exact) mass is 341 g/mol. The third-order valence-electron chi connectivity index (χ3n) is 4.81. The van der Waals surface area contributed by atoms with Crippen LogP contribution in [0.3, 0.4) is 0 Å². The fourth-order valence-electron chi connectivity index (χ4n) is 3.34. The number of amides is 1. The van der Waals surface area contributed by atoms with Gasteiger partial charge in [-0.05, 0) is 62.6 Å². The molecule has 25 heavy (non-hydrogen) atoms. The minimum absolute atomic E-state index is 0.119. The summed E-state index contributed by atoms with van der Waals surface area (Å²) < 4.78 is 2.23. The van der Waals surface area contributed by atoms with Crippen molar-refractivity contribution in [2.75, 3.05) is 19.6 Å². The smallest absolute Gasteiger partial charge is 0.251 e. The fraction of sp³-hybridized carbons (Fsp3) is 0.450. The van der Waals surface area contributed by atoms with E-state index in [4.69, 9.17) is 0 Å². The Kier molecular flexibility index (Phi) is 5.43. The first-order valence-electron chi connectivity index (χ1n) is 8.97. The topological polar surface area (TPSA) is 57.5 Å². The molecule has 1 unspecified atom stereocenters. The summed E-state index contributed by atoms with van der Waals surface area (Å²) in [6.45, 7) is 8.09. The van der Waals surface area contributed by atoms with Gasteiger partial charge < -0.3 is 15.0 Å². The van der Waals surface area contributed by atoms with Gasteiger partial charge in [-0.3, -0.25) is 9.69 Å². The van der Waals surface area contributed by atoms with E-state index in [1.54, 1.807) is 18.2 Å². The average Bonchev–Trinajstić information content (AvgIpc) is 3.22. The van der Waals surface area contributed by atoms with E-state index < -0.39 is 0 Å². The summed E-state index contributed by atoms with van der Waals surface area (Å²) in [5.41, 5.74) is 1.85. The van der Waals surface area contributed by atoms with Crippen LogP contribution in [0.5, 0.6) is 5.75 Å². The first-order chi connectivity index (χ1) is 12.0. The van der Waals surface area contributed by atoms with Crippen molar-refractivity contribution in [3.05, 3.63) is 53.9 Å². The van der Waals surface area contributed by atoms with E-state index in [-0.39, 0.29) is 11.7 Å². The van der Waals surface area contributed by atoms with Crippen molar-refractivity contribution in [2.24, 2.45) is 5.92 Å². The second-order valence-corrected chi connectivity index (χ2v) is 7.21. The minimum atomic E-state index is -0.122. The number of nitrogens with zero attached hydrogens (tertiary/aromatic N) is 2. The molecule has 1 aliphatic rings. The van der Waals surface area contributed by atoms with Gasteiger partial charge in [-0.15, -0.1) is 0 Å². The van der Waals surface area contributed by atoms with Crippen LogP contribution in [0, 0.1) is 5.92 Å². The average molecular weight is 341 g/mol. The number of aromatic nitrogens is 1. The SMILES string of the molecule is CC(C)n1ccc(CN2CCC(CNC(=O)c3cccc(O)c3)C2)c1. The maximum Gasteiger partial charge on any atom is 0.251 e. The Labute approximate surface area is 149 Å². The number of hydrogen-bond acceptors (Lipinski definition) is 3. The Morgan fingerprint density at radius 2 is 2.20 bits per heavy atom. The molecule has 2 N–H and O–H groups in total. The molecule has 0 saturated carbocycles. The zero-order chi connectivity index (χ0) is 17.8. The number of nitrogens with one attached hydrogen (secondary N) is 1. The van der Waals surface area contributed by atoms with Crippen molar-refractivity contribution in [3.8, 4) is 5.75 Å². The summed E-state index contributed by atoms with van der Waals surface area (Å²) in [5.74, 6) is 0.477. The molecule has 1 aromatic heterocycles. The molecule has 3 rings (SSSR count). The second-order valence-electron chi connectivity index (χ2n) is 7.21. The molecule has 5 heteroatoms. The lowest BCUT2D eigenvalue weighted by atomic mass is 10.1. The zero-order valence-electron chi connectivity index (χ0n) is 15.0.